The summed E-state index contributed by atoms with van der Waals surface area (Å²) in [5.41, 5.74) is 1.27. The van der Waals surface area contributed by atoms with Gasteiger partial charge in [0, 0.05) is 6.26 Å². The molecule has 9 heteroatoms. The number of hydrogen-bond acceptors (Lipinski definition) is 6. The Hall–Kier alpha value is -3.04. The summed E-state index contributed by atoms with van der Waals surface area (Å²) in [6, 6.07) is 14.0. The number of anilines is 1. The summed E-state index contributed by atoms with van der Waals surface area (Å²) >= 11 is 1.22. The largest absolute Gasteiger partial charge is 0.467 e. The molecule has 0 unspecified atom stereocenters. The Morgan fingerprint density at radius 2 is 1.93 bits per heavy atom. The van der Waals surface area contributed by atoms with Gasteiger partial charge in [-0.25, -0.2) is 17.8 Å². The number of thiazole rings is 1. The van der Waals surface area contributed by atoms with Crippen LogP contribution in [0, 0.1) is 5.82 Å². The van der Waals surface area contributed by atoms with Crippen molar-refractivity contribution in [2.24, 2.45) is 0 Å². The van der Waals surface area contributed by atoms with Crippen LogP contribution in [0.2, 0.25) is 0 Å². The van der Waals surface area contributed by atoms with Gasteiger partial charge in [-0.2, -0.15) is 0 Å². The van der Waals surface area contributed by atoms with Crippen molar-refractivity contribution < 1.29 is 22.0 Å². The Bertz CT molecular complexity index is 1300. The van der Waals surface area contributed by atoms with E-state index < -0.39 is 9.84 Å². The number of fused-ring (bicyclic) bond motifs is 1. The van der Waals surface area contributed by atoms with Gasteiger partial charge in [-0.3, -0.25) is 9.69 Å². The van der Waals surface area contributed by atoms with Crippen LogP contribution < -0.4 is 4.90 Å². The number of halogens is 1. The van der Waals surface area contributed by atoms with E-state index in [0.717, 1.165) is 6.26 Å². The summed E-state index contributed by atoms with van der Waals surface area (Å²) in [6.45, 7) is 0.176. The Balaban J connectivity index is 1.63. The molecule has 2 heterocycles. The number of nitrogens with zero attached hydrogens (tertiary/aromatic N) is 2. The zero-order valence-corrected chi connectivity index (χ0v) is 17.5. The van der Waals surface area contributed by atoms with Crippen LogP contribution in [-0.4, -0.2) is 25.6 Å². The first-order valence-corrected chi connectivity index (χ1v) is 11.7. The molecule has 0 fully saturated rings. The lowest BCUT2D eigenvalue weighted by Crippen LogP contribution is -2.31. The van der Waals surface area contributed by atoms with Gasteiger partial charge in [-0.15, -0.1) is 0 Å². The molecule has 0 aliphatic rings. The molecule has 30 heavy (non-hydrogen) atoms. The molecule has 4 aromatic rings. The van der Waals surface area contributed by atoms with Crippen molar-refractivity contribution in [1.29, 1.82) is 0 Å². The highest BCUT2D eigenvalue weighted by molar-refractivity contribution is 7.90. The van der Waals surface area contributed by atoms with Gasteiger partial charge in [-0.05, 0) is 48.0 Å². The molecule has 0 radical (unpaired) electrons. The number of benzene rings is 2. The maximum absolute atomic E-state index is 13.6. The van der Waals surface area contributed by atoms with Crippen molar-refractivity contribution in [3.05, 3.63) is 78.0 Å². The summed E-state index contributed by atoms with van der Waals surface area (Å²) < 4.78 is 42.8. The van der Waals surface area contributed by atoms with E-state index in [2.05, 4.69) is 4.98 Å². The molecule has 0 spiro atoms. The van der Waals surface area contributed by atoms with Crippen molar-refractivity contribution in [3.8, 4) is 0 Å². The normalized spacial score (nSPS) is 11.7. The van der Waals surface area contributed by atoms with Gasteiger partial charge in [0.1, 0.15) is 11.6 Å². The topological polar surface area (TPSA) is 80.5 Å². The molecule has 0 atom stereocenters. The van der Waals surface area contributed by atoms with E-state index in [9.17, 15) is 17.6 Å². The minimum atomic E-state index is -3.31. The van der Waals surface area contributed by atoms with E-state index in [-0.39, 0.29) is 29.6 Å². The molecule has 1 amide bonds. The Kier molecular flexibility index (Phi) is 5.40. The average Bonchev–Trinajstić information content (AvgIpc) is 3.34. The fourth-order valence-electron chi connectivity index (χ4n) is 2.95. The summed E-state index contributed by atoms with van der Waals surface area (Å²) in [7, 11) is -3.31. The fraction of sp³-hybridized carbons (Fsp3) is 0.143. The van der Waals surface area contributed by atoms with E-state index >= 15 is 0 Å². The van der Waals surface area contributed by atoms with Crippen molar-refractivity contribution in [2.75, 3.05) is 11.2 Å². The van der Waals surface area contributed by atoms with E-state index in [0.29, 0.717) is 26.7 Å². The summed E-state index contributed by atoms with van der Waals surface area (Å²) in [6.07, 6.45) is 2.71. The maximum atomic E-state index is 13.6. The fourth-order valence-corrected chi connectivity index (χ4v) is 4.58. The number of carbonyl (C=O) groups is 1. The third-order valence-electron chi connectivity index (χ3n) is 4.47. The zero-order valence-electron chi connectivity index (χ0n) is 15.9. The highest BCUT2D eigenvalue weighted by Gasteiger charge is 2.22. The second-order valence-electron chi connectivity index (χ2n) is 6.76. The number of carbonyl (C=O) groups excluding carboxylic acids is 1. The van der Waals surface area contributed by atoms with Crippen molar-refractivity contribution in [1.82, 2.24) is 4.98 Å². The Morgan fingerprint density at radius 1 is 1.17 bits per heavy atom. The third-order valence-corrected chi connectivity index (χ3v) is 6.64. The van der Waals surface area contributed by atoms with Crippen LogP contribution in [0.1, 0.15) is 11.3 Å². The number of aromatic nitrogens is 1. The molecule has 0 saturated heterocycles. The monoisotopic (exact) mass is 444 g/mol. The molecule has 4 rings (SSSR count). The zero-order chi connectivity index (χ0) is 21.3. The minimum Gasteiger partial charge on any atom is -0.467 e. The first kappa shape index (κ1) is 20.2. The number of amides is 1. The van der Waals surface area contributed by atoms with Crippen molar-refractivity contribution in [3.63, 3.8) is 0 Å². The van der Waals surface area contributed by atoms with Gasteiger partial charge in [0.05, 0.1) is 34.3 Å². The average molecular weight is 445 g/mol. The van der Waals surface area contributed by atoms with Crippen LogP contribution in [0.5, 0.6) is 0 Å². The van der Waals surface area contributed by atoms with Crippen LogP contribution in [0.25, 0.3) is 10.2 Å². The predicted molar refractivity (Wildman–Crippen MR) is 113 cm³/mol. The van der Waals surface area contributed by atoms with Crippen molar-refractivity contribution in [2.45, 2.75) is 17.9 Å². The quantitative estimate of drug-likeness (QED) is 0.445. The number of rotatable bonds is 6. The maximum Gasteiger partial charge on any atom is 0.233 e. The molecule has 0 aliphatic heterocycles. The Labute approximate surface area is 176 Å². The lowest BCUT2D eigenvalue weighted by molar-refractivity contribution is -0.118. The van der Waals surface area contributed by atoms with E-state index in [4.69, 9.17) is 4.42 Å². The first-order chi connectivity index (χ1) is 14.3. The van der Waals surface area contributed by atoms with Crippen molar-refractivity contribution >= 4 is 42.4 Å². The third kappa shape index (κ3) is 4.42. The molecule has 0 N–H and O–H groups in total. The van der Waals surface area contributed by atoms with Gasteiger partial charge in [-0.1, -0.05) is 23.5 Å². The van der Waals surface area contributed by atoms with Crippen LogP contribution in [0.15, 0.2) is 70.2 Å². The highest BCUT2D eigenvalue weighted by Crippen LogP contribution is 2.31. The highest BCUT2D eigenvalue weighted by atomic mass is 32.2. The second kappa shape index (κ2) is 8.00. The van der Waals surface area contributed by atoms with E-state index in [1.54, 1.807) is 30.3 Å². The number of furan rings is 1. The molecule has 154 valence electrons. The molecule has 0 saturated carbocycles. The molecular weight excluding hydrogens is 427 g/mol. The Morgan fingerprint density at radius 3 is 2.60 bits per heavy atom. The van der Waals surface area contributed by atoms with Crippen LogP contribution in [0.4, 0.5) is 9.52 Å². The molecular formula is C21H17FN2O4S2. The number of sulfone groups is 1. The van der Waals surface area contributed by atoms with Crippen LogP contribution in [-0.2, 0) is 27.6 Å². The lowest BCUT2D eigenvalue weighted by Gasteiger charge is -2.19. The molecule has 0 bridgehead atoms. The van der Waals surface area contributed by atoms with Gasteiger partial charge >= 0.3 is 0 Å². The standard InChI is InChI=1S/C21H17FN2O4S2/c1-30(26,27)17-7-4-14(5-8-17)11-20(25)24(13-16-3-2-10-28-16)21-23-18-9-6-15(22)12-19(18)29-21/h2-10,12H,11,13H2,1H3. The van der Waals surface area contributed by atoms with Crippen LogP contribution >= 0.6 is 11.3 Å². The van der Waals surface area contributed by atoms with Gasteiger partial charge < -0.3 is 4.42 Å². The summed E-state index contributed by atoms with van der Waals surface area (Å²) in [5.74, 6) is -0.0215. The van der Waals surface area contributed by atoms with E-state index in [1.165, 1.54) is 46.8 Å². The van der Waals surface area contributed by atoms with Crippen LogP contribution in [0.3, 0.4) is 0 Å². The SMILES string of the molecule is CS(=O)(=O)c1ccc(CC(=O)N(Cc2ccco2)c2nc3ccc(F)cc3s2)cc1. The second-order valence-corrected chi connectivity index (χ2v) is 9.79. The van der Waals surface area contributed by atoms with Gasteiger partial charge in [0.25, 0.3) is 0 Å². The number of hydrogen-bond donors (Lipinski definition) is 0. The minimum absolute atomic E-state index is 0.0506. The molecule has 2 aromatic carbocycles. The molecule has 6 nitrogen and oxygen atoms in total. The van der Waals surface area contributed by atoms with Gasteiger partial charge in [0.15, 0.2) is 15.0 Å². The first-order valence-electron chi connectivity index (χ1n) is 8.97. The van der Waals surface area contributed by atoms with Gasteiger partial charge in [0.2, 0.25) is 5.91 Å². The summed E-state index contributed by atoms with van der Waals surface area (Å²) in [4.78, 5) is 19.3. The predicted octanol–water partition coefficient (Wildman–Crippen LogP) is 4.21. The van der Waals surface area contributed by atoms with E-state index in [1.807, 2.05) is 0 Å². The lowest BCUT2D eigenvalue weighted by atomic mass is 10.1. The smallest absolute Gasteiger partial charge is 0.233 e. The molecule has 2 aromatic heterocycles. The molecule has 0 aliphatic carbocycles. The summed E-state index contributed by atoms with van der Waals surface area (Å²) in [5, 5.41) is 0.435.